The number of nitrogens with two attached hydrogens (primary N) is 1. The highest BCUT2D eigenvalue weighted by Crippen LogP contribution is 2.15. The molecule has 0 radical (unpaired) electrons. The van der Waals surface area contributed by atoms with Gasteiger partial charge in [0, 0.05) is 20.3 Å². The van der Waals surface area contributed by atoms with E-state index in [0.29, 0.717) is 0 Å². The summed E-state index contributed by atoms with van der Waals surface area (Å²) in [6, 6.07) is 0. The first kappa shape index (κ1) is 18.6. The van der Waals surface area contributed by atoms with E-state index in [4.69, 9.17) is 19.4 Å². The number of amides is 1. The average molecular weight is 249 g/mol. The second kappa shape index (κ2) is 10.4. The van der Waals surface area contributed by atoms with Gasteiger partial charge in [0.2, 0.25) is 0 Å². The van der Waals surface area contributed by atoms with Crippen LogP contribution in [0.5, 0.6) is 0 Å². The molecule has 0 saturated heterocycles. The van der Waals surface area contributed by atoms with Gasteiger partial charge < -0.3 is 20.3 Å². The Hall–Kier alpha value is -0.810. The largest absolute Gasteiger partial charge is 0.465 e. The van der Waals surface area contributed by atoms with Crippen molar-refractivity contribution in [1.29, 1.82) is 0 Å². The van der Waals surface area contributed by atoms with Crippen LogP contribution in [-0.2, 0) is 9.47 Å². The SMILES string of the molecule is COCCC(C)(C)OCCC(C)C.NC(=O)O. The first-order valence-electron chi connectivity index (χ1n) is 5.82. The minimum absolute atomic E-state index is 0.0368. The maximum Gasteiger partial charge on any atom is 0.402 e. The van der Waals surface area contributed by atoms with Gasteiger partial charge in [-0.2, -0.15) is 0 Å². The van der Waals surface area contributed by atoms with E-state index in [0.717, 1.165) is 32.0 Å². The van der Waals surface area contributed by atoms with Crippen LogP contribution in [0.25, 0.3) is 0 Å². The molecule has 0 aromatic carbocycles. The number of carbonyl (C=O) groups is 1. The predicted molar refractivity (Wildman–Crippen MR) is 68.2 cm³/mol. The van der Waals surface area contributed by atoms with Crippen LogP contribution in [-0.4, -0.2) is 37.1 Å². The van der Waals surface area contributed by atoms with Gasteiger partial charge >= 0.3 is 6.09 Å². The van der Waals surface area contributed by atoms with Gasteiger partial charge in [-0.05, 0) is 32.6 Å². The van der Waals surface area contributed by atoms with Crippen LogP contribution in [0.3, 0.4) is 0 Å². The summed E-state index contributed by atoms with van der Waals surface area (Å²) in [5, 5.41) is 7.19. The predicted octanol–water partition coefficient (Wildman–Crippen LogP) is 2.49. The fourth-order valence-corrected chi connectivity index (χ4v) is 0.991. The fourth-order valence-electron chi connectivity index (χ4n) is 0.991. The zero-order valence-corrected chi connectivity index (χ0v) is 11.7. The number of ether oxygens (including phenoxy) is 2. The summed E-state index contributed by atoms with van der Waals surface area (Å²) in [5.74, 6) is 0.721. The molecule has 17 heavy (non-hydrogen) atoms. The Morgan fingerprint density at radius 1 is 1.35 bits per heavy atom. The topological polar surface area (TPSA) is 81.8 Å². The molecule has 0 aliphatic heterocycles. The molecule has 3 N–H and O–H groups in total. The Morgan fingerprint density at radius 2 is 1.82 bits per heavy atom. The van der Waals surface area contributed by atoms with Gasteiger partial charge in [0.15, 0.2) is 0 Å². The van der Waals surface area contributed by atoms with Crippen LogP contribution in [0.2, 0.25) is 0 Å². The molecule has 0 fully saturated rings. The maximum absolute atomic E-state index is 8.78. The molecule has 104 valence electrons. The van der Waals surface area contributed by atoms with E-state index < -0.39 is 6.09 Å². The number of methoxy groups -OCH3 is 1. The molecule has 0 saturated carbocycles. The van der Waals surface area contributed by atoms with Gasteiger partial charge in [0.25, 0.3) is 0 Å². The lowest BCUT2D eigenvalue weighted by molar-refractivity contribution is -0.0401. The van der Waals surface area contributed by atoms with Crippen LogP contribution >= 0.6 is 0 Å². The lowest BCUT2D eigenvalue weighted by Crippen LogP contribution is -2.27. The van der Waals surface area contributed by atoms with Crippen molar-refractivity contribution in [3.05, 3.63) is 0 Å². The molecule has 0 aromatic rings. The number of rotatable bonds is 7. The molecule has 0 aliphatic rings. The minimum Gasteiger partial charge on any atom is -0.465 e. The Morgan fingerprint density at radius 3 is 2.18 bits per heavy atom. The molecule has 5 heteroatoms. The molecule has 0 atom stereocenters. The highest BCUT2D eigenvalue weighted by atomic mass is 16.5. The van der Waals surface area contributed by atoms with Gasteiger partial charge in [-0.1, -0.05) is 13.8 Å². The molecule has 0 spiro atoms. The molecule has 0 aliphatic carbocycles. The van der Waals surface area contributed by atoms with Gasteiger partial charge in [-0.15, -0.1) is 0 Å². The van der Waals surface area contributed by atoms with Gasteiger partial charge in [0.1, 0.15) is 0 Å². The van der Waals surface area contributed by atoms with Crippen molar-refractivity contribution >= 4 is 6.09 Å². The first-order valence-corrected chi connectivity index (χ1v) is 5.82. The Bertz CT molecular complexity index is 189. The average Bonchev–Trinajstić information content (AvgIpc) is 2.13. The van der Waals surface area contributed by atoms with Crippen molar-refractivity contribution in [2.45, 2.75) is 46.1 Å². The third-order valence-corrected chi connectivity index (χ3v) is 2.10. The van der Waals surface area contributed by atoms with E-state index in [1.165, 1.54) is 0 Å². The number of carboxylic acid groups (broad SMARTS) is 1. The second-order valence-corrected chi connectivity index (χ2v) is 4.87. The minimum atomic E-state index is -1.33. The molecular formula is C12H27NO4. The van der Waals surface area contributed by atoms with Crippen LogP contribution in [0.1, 0.15) is 40.5 Å². The Labute approximate surface area is 104 Å². The molecule has 5 nitrogen and oxygen atoms in total. The van der Waals surface area contributed by atoms with Crippen molar-refractivity contribution in [1.82, 2.24) is 0 Å². The number of hydrogen-bond acceptors (Lipinski definition) is 3. The van der Waals surface area contributed by atoms with Crippen LogP contribution in [0.15, 0.2) is 0 Å². The lowest BCUT2D eigenvalue weighted by Gasteiger charge is -2.25. The van der Waals surface area contributed by atoms with Crippen molar-refractivity contribution in [2.75, 3.05) is 20.3 Å². The van der Waals surface area contributed by atoms with E-state index in [1.54, 1.807) is 7.11 Å². The highest BCUT2D eigenvalue weighted by molar-refractivity contribution is 5.61. The monoisotopic (exact) mass is 249 g/mol. The molecular weight excluding hydrogens is 222 g/mol. The van der Waals surface area contributed by atoms with Crippen molar-refractivity contribution < 1.29 is 19.4 Å². The zero-order valence-electron chi connectivity index (χ0n) is 11.7. The van der Waals surface area contributed by atoms with Crippen molar-refractivity contribution in [2.24, 2.45) is 11.7 Å². The Kier molecular flexibility index (Phi) is 11.3. The highest BCUT2D eigenvalue weighted by Gasteiger charge is 2.17. The number of primary amides is 1. The van der Waals surface area contributed by atoms with Gasteiger partial charge in [0.05, 0.1) is 5.60 Å². The van der Waals surface area contributed by atoms with Crippen LogP contribution in [0.4, 0.5) is 4.79 Å². The Balaban J connectivity index is 0. The fraction of sp³-hybridized carbons (Fsp3) is 0.917. The summed E-state index contributed by atoms with van der Waals surface area (Å²) in [6.07, 6.45) is 0.762. The molecule has 0 heterocycles. The quantitative estimate of drug-likeness (QED) is 0.726. The van der Waals surface area contributed by atoms with Crippen molar-refractivity contribution in [3.8, 4) is 0 Å². The summed E-state index contributed by atoms with van der Waals surface area (Å²) >= 11 is 0. The summed E-state index contributed by atoms with van der Waals surface area (Å²) in [5.41, 5.74) is 3.99. The van der Waals surface area contributed by atoms with Gasteiger partial charge in [-0.25, -0.2) is 4.79 Å². The van der Waals surface area contributed by atoms with Crippen LogP contribution < -0.4 is 5.73 Å². The molecule has 1 amide bonds. The van der Waals surface area contributed by atoms with Crippen molar-refractivity contribution in [3.63, 3.8) is 0 Å². The van der Waals surface area contributed by atoms with E-state index in [9.17, 15) is 0 Å². The molecule has 0 aromatic heterocycles. The number of hydrogen-bond donors (Lipinski definition) is 2. The third-order valence-electron chi connectivity index (χ3n) is 2.10. The summed E-state index contributed by atoms with van der Waals surface area (Å²) in [7, 11) is 1.73. The van der Waals surface area contributed by atoms with Gasteiger partial charge in [-0.3, -0.25) is 0 Å². The molecule has 0 bridgehead atoms. The smallest absolute Gasteiger partial charge is 0.402 e. The zero-order chi connectivity index (χ0) is 13.9. The van der Waals surface area contributed by atoms with E-state index in [2.05, 4.69) is 33.4 Å². The second-order valence-electron chi connectivity index (χ2n) is 4.87. The summed E-state index contributed by atoms with van der Waals surface area (Å²) < 4.78 is 10.8. The van der Waals surface area contributed by atoms with Crippen LogP contribution in [0, 0.1) is 5.92 Å². The summed E-state index contributed by atoms with van der Waals surface area (Å²) in [6.45, 7) is 10.3. The molecule has 0 unspecified atom stereocenters. The maximum atomic E-state index is 8.78. The van der Waals surface area contributed by atoms with E-state index in [1.807, 2.05) is 0 Å². The van der Waals surface area contributed by atoms with E-state index >= 15 is 0 Å². The standard InChI is InChI=1S/C11H24O2.CH3NO2/c1-10(2)6-8-13-11(3,4)7-9-12-5;2-1(3)4/h10H,6-9H2,1-5H3;2H2,(H,3,4). The first-order chi connectivity index (χ1) is 7.71. The van der Waals surface area contributed by atoms with E-state index in [-0.39, 0.29) is 5.60 Å². The lowest BCUT2D eigenvalue weighted by atomic mass is 10.1. The molecule has 0 rings (SSSR count). The third kappa shape index (κ3) is 21.1. The normalized spacial score (nSPS) is 10.9. The summed E-state index contributed by atoms with van der Waals surface area (Å²) in [4.78, 5) is 8.78.